The molecular formula is C20H24N6O. The predicted octanol–water partition coefficient (Wildman–Crippen LogP) is 2.53. The van der Waals surface area contributed by atoms with Crippen LogP contribution in [0.3, 0.4) is 0 Å². The number of amides is 1. The van der Waals surface area contributed by atoms with Crippen LogP contribution in [0.4, 0.5) is 5.82 Å². The molecule has 1 fully saturated rings. The molecule has 140 valence electrons. The van der Waals surface area contributed by atoms with Gasteiger partial charge in [-0.1, -0.05) is 29.8 Å². The number of aromatic nitrogens is 4. The van der Waals surface area contributed by atoms with Crippen molar-refractivity contribution in [2.24, 2.45) is 5.92 Å². The first kappa shape index (κ1) is 17.5. The van der Waals surface area contributed by atoms with Crippen LogP contribution in [-0.4, -0.2) is 38.8 Å². The van der Waals surface area contributed by atoms with Crippen molar-refractivity contribution < 1.29 is 4.79 Å². The maximum absolute atomic E-state index is 12.7. The number of nitrogens with one attached hydrogen (secondary N) is 1. The molecule has 1 aliphatic rings. The Morgan fingerprint density at radius 2 is 1.89 bits per heavy atom. The molecule has 1 amide bonds. The largest absolute Gasteiger partial charge is 0.355 e. The van der Waals surface area contributed by atoms with Crippen LogP contribution in [0.2, 0.25) is 0 Å². The highest BCUT2D eigenvalue weighted by Crippen LogP contribution is 2.23. The third-order valence-corrected chi connectivity index (χ3v) is 5.27. The third kappa shape index (κ3) is 3.77. The van der Waals surface area contributed by atoms with E-state index in [1.807, 2.05) is 19.1 Å². The summed E-state index contributed by atoms with van der Waals surface area (Å²) in [4.78, 5) is 14.9. The molecule has 3 aromatic rings. The summed E-state index contributed by atoms with van der Waals surface area (Å²) in [6, 6.07) is 12.2. The Morgan fingerprint density at radius 3 is 2.63 bits per heavy atom. The lowest BCUT2D eigenvalue weighted by Gasteiger charge is -2.32. The molecule has 0 radical (unpaired) electrons. The molecule has 7 nitrogen and oxygen atoms in total. The topological polar surface area (TPSA) is 75.4 Å². The number of hydrogen-bond donors (Lipinski definition) is 1. The molecule has 2 aromatic heterocycles. The van der Waals surface area contributed by atoms with Gasteiger partial charge in [0.1, 0.15) is 12.1 Å². The molecule has 0 saturated carbocycles. The van der Waals surface area contributed by atoms with Crippen molar-refractivity contribution in [1.29, 1.82) is 0 Å². The zero-order chi connectivity index (χ0) is 18.8. The van der Waals surface area contributed by atoms with E-state index in [1.165, 1.54) is 5.56 Å². The highest BCUT2D eigenvalue weighted by Gasteiger charge is 2.26. The maximum Gasteiger partial charge on any atom is 0.223 e. The first-order valence-electron chi connectivity index (χ1n) is 9.39. The molecule has 0 bridgehead atoms. The summed E-state index contributed by atoms with van der Waals surface area (Å²) < 4.78 is 1.68. The van der Waals surface area contributed by atoms with Gasteiger partial charge in [0.15, 0.2) is 5.65 Å². The first-order valence-corrected chi connectivity index (χ1v) is 9.39. The number of benzene rings is 1. The van der Waals surface area contributed by atoms with Crippen molar-refractivity contribution in [3.05, 3.63) is 53.9 Å². The molecule has 1 saturated heterocycles. The van der Waals surface area contributed by atoms with Crippen LogP contribution in [-0.2, 0) is 4.79 Å². The highest BCUT2D eigenvalue weighted by atomic mass is 16.1. The summed E-state index contributed by atoms with van der Waals surface area (Å²) in [6.45, 7) is 5.74. The molecule has 1 aliphatic heterocycles. The zero-order valence-corrected chi connectivity index (χ0v) is 15.7. The van der Waals surface area contributed by atoms with Gasteiger partial charge in [0.05, 0.1) is 6.04 Å². The number of fused-ring (bicyclic) bond motifs is 1. The Kier molecular flexibility index (Phi) is 4.75. The van der Waals surface area contributed by atoms with E-state index in [1.54, 1.807) is 10.8 Å². The lowest BCUT2D eigenvalue weighted by molar-refractivity contribution is -0.126. The van der Waals surface area contributed by atoms with Crippen molar-refractivity contribution in [2.45, 2.75) is 32.7 Å². The number of carbonyl (C=O) groups is 1. The van der Waals surface area contributed by atoms with E-state index in [-0.39, 0.29) is 17.9 Å². The number of hydrogen-bond acceptors (Lipinski definition) is 5. The second-order valence-corrected chi connectivity index (χ2v) is 7.23. The summed E-state index contributed by atoms with van der Waals surface area (Å²) in [6.07, 6.45) is 3.26. The zero-order valence-electron chi connectivity index (χ0n) is 15.7. The number of rotatable bonds is 4. The molecule has 0 unspecified atom stereocenters. The first-order chi connectivity index (χ1) is 13.1. The SMILES string of the molecule is Cc1ccc([C@H](C)NC(=O)C2CCN(c3ccc4nncn4n3)CC2)cc1. The van der Waals surface area contributed by atoms with Crippen molar-refractivity contribution in [3.63, 3.8) is 0 Å². The minimum absolute atomic E-state index is 0.0222. The van der Waals surface area contributed by atoms with Gasteiger partial charge in [-0.05, 0) is 44.4 Å². The van der Waals surface area contributed by atoms with Gasteiger partial charge < -0.3 is 10.2 Å². The standard InChI is InChI=1S/C20H24N6O/c1-14-3-5-16(6-4-14)15(2)22-20(27)17-9-11-25(12-10-17)19-8-7-18-23-21-13-26(18)24-19/h3-8,13,15,17H,9-12H2,1-2H3,(H,22,27)/t15-/m0/s1. The molecule has 3 heterocycles. The normalized spacial score (nSPS) is 16.4. The molecule has 7 heteroatoms. The Bertz CT molecular complexity index is 927. The van der Waals surface area contributed by atoms with Crippen LogP contribution in [0.15, 0.2) is 42.7 Å². The molecule has 0 aliphatic carbocycles. The van der Waals surface area contributed by atoms with Crippen molar-refractivity contribution in [3.8, 4) is 0 Å². The summed E-state index contributed by atoms with van der Waals surface area (Å²) in [5.41, 5.74) is 3.10. The van der Waals surface area contributed by atoms with Crippen LogP contribution in [0.1, 0.15) is 36.9 Å². The molecule has 1 aromatic carbocycles. The fraction of sp³-hybridized carbons (Fsp3) is 0.400. The van der Waals surface area contributed by atoms with Crippen molar-refractivity contribution >= 4 is 17.4 Å². The monoisotopic (exact) mass is 364 g/mol. The number of carbonyl (C=O) groups excluding carboxylic acids is 1. The molecular weight excluding hydrogens is 340 g/mol. The predicted molar refractivity (Wildman–Crippen MR) is 103 cm³/mol. The van der Waals surface area contributed by atoms with E-state index in [0.29, 0.717) is 0 Å². The van der Waals surface area contributed by atoms with Gasteiger partial charge in [-0.2, -0.15) is 4.52 Å². The third-order valence-electron chi connectivity index (χ3n) is 5.27. The quantitative estimate of drug-likeness (QED) is 0.770. The van der Waals surface area contributed by atoms with Gasteiger partial charge in [-0.25, -0.2) is 0 Å². The average Bonchev–Trinajstić information content (AvgIpc) is 3.16. The fourth-order valence-corrected chi connectivity index (χ4v) is 3.53. The van der Waals surface area contributed by atoms with Crippen LogP contribution >= 0.6 is 0 Å². The van der Waals surface area contributed by atoms with Gasteiger partial charge in [0.2, 0.25) is 5.91 Å². The van der Waals surface area contributed by atoms with E-state index < -0.39 is 0 Å². The second-order valence-electron chi connectivity index (χ2n) is 7.23. The van der Waals surface area contributed by atoms with Crippen LogP contribution in [0.25, 0.3) is 5.65 Å². The molecule has 0 spiro atoms. The smallest absolute Gasteiger partial charge is 0.223 e. The molecule has 27 heavy (non-hydrogen) atoms. The second kappa shape index (κ2) is 7.34. The average molecular weight is 364 g/mol. The van der Waals surface area contributed by atoms with E-state index in [9.17, 15) is 4.79 Å². The summed E-state index contributed by atoms with van der Waals surface area (Å²) in [7, 11) is 0. The summed E-state index contributed by atoms with van der Waals surface area (Å²) in [5, 5.41) is 15.5. The Balaban J connectivity index is 1.34. The number of aryl methyl sites for hydroxylation is 1. The molecule has 4 rings (SSSR count). The van der Waals surface area contributed by atoms with Gasteiger partial charge in [0, 0.05) is 19.0 Å². The number of anilines is 1. The van der Waals surface area contributed by atoms with Crippen LogP contribution in [0, 0.1) is 12.8 Å². The van der Waals surface area contributed by atoms with Gasteiger partial charge in [-0.3, -0.25) is 4.79 Å². The lowest BCUT2D eigenvalue weighted by atomic mass is 9.95. The Morgan fingerprint density at radius 1 is 1.15 bits per heavy atom. The van der Waals surface area contributed by atoms with Gasteiger partial charge >= 0.3 is 0 Å². The minimum atomic E-state index is 0.0222. The van der Waals surface area contributed by atoms with Gasteiger partial charge in [-0.15, -0.1) is 15.3 Å². The van der Waals surface area contributed by atoms with Gasteiger partial charge in [0.25, 0.3) is 0 Å². The Hall–Kier alpha value is -2.96. The number of piperidine rings is 1. The van der Waals surface area contributed by atoms with E-state index in [4.69, 9.17) is 0 Å². The summed E-state index contributed by atoms with van der Waals surface area (Å²) >= 11 is 0. The molecule has 1 atom stereocenters. The molecule has 1 N–H and O–H groups in total. The van der Waals surface area contributed by atoms with Crippen LogP contribution < -0.4 is 10.2 Å². The number of nitrogens with zero attached hydrogens (tertiary/aromatic N) is 5. The highest BCUT2D eigenvalue weighted by molar-refractivity contribution is 5.79. The minimum Gasteiger partial charge on any atom is -0.355 e. The van der Waals surface area contributed by atoms with E-state index in [0.717, 1.165) is 43.0 Å². The Labute approximate surface area is 158 Å². The maximum atomic E-state index is 12.7. The lowest BCUT2D eigenvalue weighted by Crippen LogP contribution is -2.41. The fourth-order valence-electron chi connectivity index (χ4n) is 3.53. The summed E-state index contributed by atoms with van der Waals surface area (Å²) in [5.74, 6) is 1.09. The van der Waals surface area contributed by atoms with Crippen molar-refractivity contribution in [1.82, 2.24) is 25.1 Å². The van der Waals surface area contributed by atoms with Crippen molar-refractivity contribution in [2.75, 3.05) is 18.0 Å². The van der Waals surface area contributed by atoms with E-state index >= 15 is 0 Å². The van der Waals surface area contributed by atoms with Crippen LogP contribution in [0.5, 0.6) is 0 Å². The van der Waals surface area contributed by atoms with E-state index in [2.05, 4.69) is 56.7 Å².